The van der Waals surface area contributed by atoms with Gasteiger partial charge in [0, 0.05) is 28.3 Å². The van der Waals surface area contributed by atoms with Crippen molar-refractivity contribution in [2.45, 2.75) is 0 Å². The maximum Gasteiger partial charge on any atom is 0.187 e. The van der Waals surface area contributed by atoms with Gasteiger partial charge in [0.1, 0.15) is 18.6 Å². The maximum atomic E-state index is 13.0. The first-order chi connectivity index (χ1) is 14.5. The molecule has 0 spiro atoms. The molecular formula is C22H23NO7. The molecule has 0 aliphatic heterocycles. The first-order valence-electron chi connectivity index (χ1n) is 8.97. The standard InChI is InChI=1S/C22H23NO7/c1-25-17-11-21(29-5)19(27-3)9-13(17)14-7-16(24)12-8-18(26-2)20(28-4)10-15(12)22(14)23-30-6/h7-11H,1-6H3/b23-22+. The summed E-state index contributed by atoms with van der Waals surface area (Å²) in [5.41, 5.74) is 2.53. The third-order valence-electron chi connectivity index (χ3n) is 4.75. The molecule has 158 valence electrons. The first-order valence-corrected chi connectivity index (χ1v) is 8.97. The van der Waals surface area contributed by atoms with Crippen molar-refractivity contribution in [2.24, 2.45) is 5.16 Å². The third kappa shape index (κ3) is 3.52. The molecule has 2 aromatic carbocycles. The maximum absolute atomic E-state index is 13.0. The summed E-state index contributed by atoms with van der Waals surface area (Å²) in [6.45, 7) is 0. The molecule has 0 atom stereocenters. The van der Waals surface area contributed by atoms with Crippen LogP contribution in [0.3, 0.4) is 0 Å². The summed E-state index contributed by atoms with van der Waals surface area (Å²) in [4.78, 5) is 18.1. The van der Waals surface area contributed by atoms with Crippen LogP contribution in [0.15, 0.2) is 35.5 Å². The largest absolute Gasteiger partial charge is 0.496 e. The molecule has 0 unspecified atom stereocenters. The highest BCUT2D eigenvalue weighted by atomic mass is 16.6. The molecule has 0 heterocycles. The van der Waals surface area contributed by atoms with Crippen LogP contribution in [0.25, 0.3) is 5.57 Å². The van der Waals surface area contributed by atoms with Crippen LogP contribution in [0.5, 0.6) is 28.7 Å². The molecule has 0 radical (unpaired) electrons. The minimum absolute atomic E-state index is 0.215. The van der Waals surface area contributed by atoms with Gasteiger partial charge in [0.15, 0.2) is 28.8 Å². The predicted octanol–water partition coefficient (Wildman–Crippen LogP) is 3.36. The van der Waals surface area contributed by atoms with Crippen LogP contribution >= 0.6 is 0 Å². The summed E-state index contributed by atoms with van der Waals surface area (Å²) in [5.74, 6) is 2.16. The van der Waals surface area contributed by atoms with Crippen molar-refractivity contribution in [3.8, 4) is 28.7 Å². The lowest BCUT2D eigenvalue weighted by Crippen LogP contribution is -2.18. The summed E-state index contributed by atoms with van der Waals surface area (Å²) in [7, 11) is 9.07. The Hall–Kier alpha value is -3.68. The van der Waals surface area contributed by atoms with Crippen molar-refractivity contribution in [2.75, 3.05) is 42.7 Å². The minimum atomic E-state index is -0.215. The molecule has 30 heavy (non-hydrogen) atoms. The Labute approximate surface area is 174 Å². The van der Waals surface area contributed by atoms with E-state index in [4.69, 9.17) is 28.5 Å². The van der Waals surface area contributed by atoms with Crippen LogP contribution in [-0.4, -0.2) is 54.2 Å². The number of carbonyl (C=O) groups excluding carboxylic acids is 1. The second kappa shape index (κ2) is 8.77. The van der Waals surface area contributed by atoms with E-state index in [1.807, 2.05) is 0 Å². The van der Waals surface area contributed by atoms with Crippen LogP contribution in [0.4, 0.5) is 0 Å². The smallest absolute Gasteiger partial charge is 0.187 e. The molecule has 8 nitrogen and oxygen atoms in total. The second-order valence-corrected chi connectivity index (χ2v) is 6.20. The normalized spacial score (nSPS) is 14.0. The molecule has 1 aliphatic carbocycles. The number of oxime groups is 1. The summed E-state index contributed by atoms with van der Waals surface area (Å²) >= 11 is 0. The Kier molecular flexibility index (Phi) is 6.15. The zero-order valence-electron chi connectivity index (χ0n) is 17.7. The number of hydrogen-bond acceptors (Lipinski definition) is 8. The van der Waals surface area contributed by atoms with Gasteiger partial charge in [-0.15, -0.1) is 0 Å². The topological polar surface area (TPSA) is 84.8 Å². The van der Waals surface area contributed by atoms with Gasteiger partial charge in [-0.1, -0.05) is 5.16 Å². The summed E-state index contributed by atoms with van der Waals surface area (Å²) < 4.78 is 27.1. The van der Waals surface area contributed by atoms with Gasteiger partial charge in [-0.2, -0.15) is 0 Å². The number of carbonyl (C=O) groups is 1. The number of benzene rings is 2. The van der Waals surface area contributed by atoms with E-state index >= 15 is 0 Å². The van der Waals surface area contributed by atoms with E-state index in [-0.39, 0.29) is 5.78 Å². The van der Waals surface area contributed by atoms with Crippen LogP contribution in [0.1, 0.15) is 21.5 Å². The van der Waals surface area contributed by atoms with Gasteiger partial charge < -0.3 is 28.5 Å². The van der Waals surface area contributed by atoms with Gasteiger partial charge in [-0.25, -0.2) is 0 Å². The van der Waals surface area contributed by atoms with E-state index in [0.29, 0.717) is 56.7 Å². The average Bonchev–Trinajstić information content (AvgIpc) is 2.78. The van der Waals surface area contributed by atoms with Crippen molar-refractivity contribution >= 4 is 17.1 Å². The molecule has 0 saturated heterocycles. The van der Waals surface area contributed by atoms with Crippen molar-refractivity contribution in [1.82, 2.24) is 0 Å². The molecule has 0 bridgehead atoms. The van der Waals surface area contributed by atoms with E-state index in [1.54, 1.807) is 24.3 Å². The van der Waals surface area contributed by atoms with Gasteiger partial charge in [0.05, 0.1) is 35.5 Å². The molecule has 0 amide bonds. The zero-order chi connectivity index (χ0) is 21.8. The summed E-state index contributed by atoms with van der Waals surface area (Å²) in [5, 5.41) is 4.19. The van der Waals surface area contributed by atoms with E-state index in [0.717, 1.165) is 0 Å². The Bertz CT molecular complexity index is 1040. The van der Waals surface area contributed by atoms with Crippen molar-refractivity contribution in [3.05, 3.63) is 47.0 Å². The Balaban J connectivity index is 2.28. The highest BCUT2D eigenvalue weighted by Gasteiger charge is 2.30. The Morgan fingerprint density at radius 2 is 1.07 bits per heavy atom. The number of allylic oxidation sites excluding steroid dienone is 2. The van der Waals surface area contributed by atoms with Crippen LogP contribution < -0.4 is 23.7 Å². The molecule has 1 aliphatic rings. The molecule has 3 rings (SSSR count). The zero-order valence-corrected chi connectivity index (χ0v) is 17.7. The molecule has 8 heteroatoms. The third-order valence-corrected chi connectivity index (χ3v) is 4.75. The lowest BCUT2D eigenvalue weighted by molar-refractivity contribution is 0.104. The van der Waals surface area contributed by atoms with E-state index in [2.05, 4.69) is 5.16 Å². The van der Waals surface area contributed by atoms with Crippen molar-refractivity contribution in [1.29, 1.82) is 0 Å². The molecule has 0 aromatic heterocycles. The molecule has 0 fully saturated rings. The van der Waals surface area contributed by atoms with Crippen molar-refractivity contribution < 1.29 is 33.3 Å². The van der Waals surface area contributed by atoms with E-state index in [1.165, 1.54) is 48.7 Å². The van der Waals surface area contributed by atoms with Gasteiger partial charge in [0.25, 0.3) is 0 Å². The number of methoxy groups -OCH3 is 5. The quantitative estimate of drug-likeness (QED) is 0.644. The van der Waals surface area contributed by atoms with Gasteiger partial charge in [0.2, 0.25) is 0 Å². The Morgan fingerprint density at radius 1 is 0.600 bits per heavy atom. The molecule has 0 saturated carbocycles. The highest BCUT2D eigenvalue weighted by Crippen LogP contribution is 2.42. The SMILES string of the molecule is CO/N=C1\C(c2cc(OC)c(OC)cc2OC)=CC(=O)c2cc(OC)c(OC)cc21. The van der Waals surface area contributed by atoms with Crippen LogP contribution in [0, 0.1) is 0 Å². The number of fused-ring (bicyclic) bond motifs is 1. The lowest BCUT2D eigenvalue weighted by atomic mass is 9.85. The fourth-order valence-corrected chi connectivity index (χ4v) is 3.34. The molecule has 2 aromatic rings. The minimum Gasteiger partial charge on any atom is -0.496 e. The van der Waals surface area contributed by atoms with E-state index in [9.17, 15) is 4.79 Å². The molecule has 0 N–H and O–H groups in total. The van der Waals surface area contributed by atoms with Crippen molar-refractivity contribution in [3.63, 3.8) is 0 Å². The number of hydrogen-bond donors (Lipinski definition) is 0. The fourth-order valence-electron chi connectivity index (χ4n) is 3.34. The second-order valence-electron chi connectivity index (χ2n) is 6.20. The van der Waals surface area contributed by atoms with Gasteiger partial charge >= 0.3 is 0 Å². The average molecular weight is 413 g/mol. The lowest BCUT2D eigenvalue weighted by Gasteiger charge is -2.22. The number of ketones is 1. The fraction of sp³-hybridized carbons (Fsp3) is 0.273. The van der Waals surface area contributed by atoms with Crippen LogP contribution in [-0.2, 0) is 4.84 Å². The number of ether oxygens (including phenoxy) is 5. The summed E-state index contributed by atoms with van der Waals surface area (Å²) in [6, 6.07) is 6.74. The van der Waals surface area contributed by atoms with Crippen LogP contribution in [0.2, 0.25) is 0 Å². The number of nitrogens with zero attached hydrogens (tertiary/aromatic N) is 1. The predicted molar refractivity (Wildman–Crippen MR) is 111 cm³/mol. The number of rotatable bonds is 7. The first kappa shape index (κ1) is 21.0. The summed E-state index contributed by atoms with van der Waals surface area (Å²) in [6.07, 6.45) is 1.48. The van der Waals surface area contributed by atoms with Gasteiger partial charge in [-0.3, -0.25) is 4.79 Å². The Morgan fingerprint density at radius 3 is 1.57 bits per heavy atom. The monoisotopic (exact) mass is 413 g/mol. The highest BCUT2D eigenvalue weighted by molar-refractivity contribution is 6.41. The van der Waals surface area contributed by atoms with E-state index < -0.39 is 0 Å². The van der Waals surface area contributed by atoms with Gasteiger partial charge in [-0.05, 0) is 24.3 Å². The molecular weight excluding hydrogens is 390 g/mol.